The molecule has 0 aliphatic carbocycles. The fourth-order valence-electron chi connectivity index (χ4n) is 1.65. The first-order valence-corrected chi connectivity index (χ1v) is 6.31. The minimum Gasteiger partial charge on any atom is -0.315 e. The smallest absolute Gasteiger partial charge is 0.244 e. The molecule has 1 fully saturated rings. The third kappa shape index (κ3) is 2.19. The summed E-state index contributed by atoms with van der Waals surface area (Å²) in [4.78, 5) is 0.231. The monoisotopic (exact) mass is 230 g/mol. The number of aryl methyl sites for hydroxylation is 1. The van der Waals surface area contributed by atoms with Crippen molar-refractivity contribution < 1.29 is 8.42 Å². The summed E-state index contributed by atoms with van der Waals surface area (Å²) in [7, 11) is -3.41. The van der Waals surface area contributed by atoms with Crippen LogP contribution in [0.15, 0.2) is 11.1 Å². The van der Waals surface area contributed by atoms with Gasteiger partial charge in [0.1, 0.15) is 4.90 Å². The van der Waals surface area contributed by atoms with Gasteiger partial charge in [0.25, 0.3) is 0 Å². The molecule has 1 saturated heterocycles. The van der Waals surface area contributed by atoms with Crippen LogP contribution in [0, 0.1) is 6.92 Å². The molecular formula is C8H14N4O2S. The van der Waals surface area contributed by atoms with E-state index in [0.29, 0.717) is 12.2 Å². The lowest BCUT2D eigenvalue weighted by molar-refractivity contribution is 0.559. The van der Waals surface area contributed by atoms with Gasteiger partial charge in [-0.25, -0.2) is 13.1 Å². The number of H-pyrrole nitrogens is 1. The third-order valence-corrected chi connectivity index (χ3v) is 4.09. The number of nitrogens with zero attached hydrogens (tertiary/aromatic N) is 1. The van der Waals surface area contributed by atoms with Crippen molar-refractivity contribution in [1.29, 1.82) is 0 Å². The van der Waals surface area contributed by atoms with Crippen molar-refractivity contribution in [3.63, 3.8) is 0 Å². The van der Waals surface area contributed by atoms with Crippen LogP contribution >= 0.6 is 0 Å². The van der Waals surface area contributed by atoms with Gasteiger partial charge in [0.2, 0.25) is 10.0 Å². The Labute approximate surface area is 88.5 Å². The van der Waals surface area contributed by atoms with Crippen LogP contribution < -0.4 is 10.0 Å². The van der Waals surface area contributed by atoms with Crippen molar-refractivity contribution in [3.8, 4) is 0 Å². The van der Waals surface area contributed by atoms with Gasteiger partial charge in [0, 0.05) is 12.6 Å². The van der Waals surface area contributed by atoms with Crippen molar-refractivity contribution in [2.45, 2.75) is 24.3 Å². The molecule has 3 N–H and O–H groups in total. The summed E-state index contributed by atoms with van der Waals surface area (Å²) in [5.74, 6) is 0. The predicted molar refractivity (Wildman–Crippen MR) is 54.9 cm³/mol. The molecule has 0 spiro atoms. The maximum absolute atomic E-state index is 11.9. The molecule has 15 heavy (non-hydrogen) atoms. The van der Waals surface area contributed by atoms with E-state index in [1.54, 1.807) is 6.92 Å². The molecule has 84 valence electrons. The summed E-state index contributed by atoms with van der Waals surface area (Å²) in [6, 6.07) is -0.00991. The van der Waals surface area contributed by atoms with Gasteiger partial charge in [0.05, 0.1) is 11.9 Å². The summed E-state index contributed by atoms with van der Waals surface area (Å²) < 4.78 is 26.4. The summed E-state index contributed by atoms with van der Waals surface area (Å²) in [6.45, 7) is 3.24. The number of aromatic amines is 1. The molecule has 1 atom stereocenters. The molecule has 0 radical (unpaired) electrons. The molecule has 1 aliphatic rings. The quantitative estimate of drug-likeness (QED) is 0.644. The van der Waals surface area contributed by atoms with Crippen molar-refractivity contribution >= 4 is 10.0 Å². The van der Waals surface area contributed by atoms with E-state index >= 15 is 0 Å². The Morgan fingerprint density at radius 1 is 1.60 bits per heavy atom. The van der Waals surface area contributed by atoms with E-state index < -0.39 is 10.0 Å². The predicted octanol–water partition coefficient (Wildman–Crippen LogP) is -0.642. The molecular weight excluding hydrogens is 216 g/mol. The second-order valence-corrected chi connectivity index (χ2v) is 5.35. The molecule has 1 aliphatic heterocycles. The molecule has 0 unspecified atom stereocenters. The van der Waals surface area contributed by atoms with Crippen LogP contribution in [0.3, 0.4) is 0 Å². The van der Waals surface area contributed by atoms with Crippen LogP contribution in [0.5, 0.6) is 0 Å². The van der Waals surface area contributed by atoms with Crippen molar-refractivity contribution in [1.82, 2.24) is 20.2 Å². The third-order valence-electron chi connectivity index (χ3n) is 2.46. The van der Waals surface area contributed by atoms with E-state index in [0.717, 1.165) is 13.0 Å². The first-order chi connectivity index (χ1) is 7.09. The largest absolute Gasteiger partial charge is 0.315 e. The van der Waals surface area contributed by atoms with Crippen LogP contribution in [0.25, 0.3) is 0 Å². The molecule has 0 saturated carbocycles. The average Bonchev–Trinajstić information content (AvgIpc) is 2.75. The lowest BCUT2D eigenvalue weighted by Gasteiger charge is -2.10. The highest BCUT2D eigenvalue weighted by Gasteiger charge is 2.24. The number of sulfonamides is 1. The van der Waals surface area contributed by atoms with Crippen molar-refractivity contribution in [2.24, 2.45) is 0 Å². The fraction of sp³-hybridized carbons (Fsp3) is 0.625. The van der Waals surface area contributed by atoms with Crippen LogP contribution in [0.4, 0.5) is 0 Å². The molecule has 1 aromatic rings. The Morgan fingerprint density at radius 2 is 2.40 bits per heavy atom. The number of hydrogen-bond donors (Lipinski definition) is 3. The average molecular weight is 230 g/mol. The Balaban J connectivity index is 2.16. The normalized spacial score (nSPS) is 22.1. The number of nitrogens with one attached hydrogen (secondary N) is 3. The van der Waals surface area contributed by atoms with Gasteiger partial charge in [-0.1, -0.05) is 0 Å². The minimum absolute atomic E-state index is 0.00991. The zero-order chi connectivity index (χ0) is 10.9. The highest BCUT2D eigenvalue weighted by atomic mass is 32.2. The van der Waals surface area contributed by atoms with E-state index in [1.165, 1.54) is 6.20 Å². The number of hydrogen-bond acceptors (Lipinski definition) is 4. The molecule has 0 bridgehead atoms. The minimum atomic E-state index is -3.41. The van der Waals surface area contributed by atoms with Crippen LogP contribution in [0.1, 0.15) is 12.1 Å². The Morgan fingerprint density at radius 3 is 2.93 bits per heavy atom. The standard InChI is InChI=1S/C8H14N4O2S/c1-6-8(5-10-11-6)15(13,14)12-7-2-3-9-4-7/h5,7,9,12H,2-4H2,1H3,(H,10,11)/t7-/m1/s1. The first-order valence-electron chi connectivity index (χ1n) is 4.82. The maximum Gasteiger partial charge on any atom is 0.244 e. The van der Waals surface area contributed by atoms with Gasteiger partial charge < -0.3 is 5.32 Å². The molecule has 6 nitrogen and oxygen atoms in total. The van der Waals surface area contributed by atoms with Gasteiger partial charge in [-0.15, -0.1) is 0 Å². The number of rotatable bonds is 3. The lowest BCUT2D eigenvalue weighted by Crippen LogP contribution is -2.36. The number of aromatic nitrogens is 2. The highest BCUT2D eigenvalue weighted by molar-refractivity contribution is 7.89. The Hall–Kier alpha value is -0.920. The molecule has 0 aromatic carbocycles. The van der Waals surface area contributed by atoms with Crippen LogP contribution in [-0.4, -0.2) is 37.7 Å². The zero-order valence-corrected chi connectivity index (χ0v) is 9.26. The molecule has 2 heterocycles. The van der Waals surface area contributed by atoms with Gasteiger partial charge in [-0.05, 0) is 19.9 Å². The van der Waals surface area contributed by atoms with Gasteiger partial charge in [-0.2, -0.15) is 5.10 Å². The molecule has 7 heteroatoms. The van der Waals surface area contributed by atoms with Crippen molar-refractivity contribution in [3.05, 3.63) is 11.9 Å². The highest BCUT2D eigenvalue weighted by Crippen LogP contribution is 2.12. The summed E-state index contributed by atoms with van der Waals surface area (Å²) >= 11 is 0. The van der Waals surface area contributed by atoms with Crippen LogP contribution in [0.2, 0.25) is 0 Å². The van der Waals surface area contributed by atoms with Gasteiger partial charge in [0.15, 0.2) is 0 Å². The molecule has 0 amide bonds. The Bertz CT molecular complexity index is 433. The first kappa shape index (κ1) is 10.6. The maximum atomic E-state index is 11.9. The fourth-order valence-corrected chi connectivity index (χ4v) is 3.06. The van der Waals surface area contributed by atoms with Crippen molar-refractivity contribution in [2.75, 3.05) is 13.1 Å². The summed E-state index contributed by atoms with van der Waals surface area (Å²) in [5, 5.41) is 9.42. The summed E-state index contributed by atoms with van der Waals surface area (Å²) in [5.41, 5.74) is 0.563. The second-order valence-electron chi connectivity index (χ2n) is 3.67. The van der Waals surface area contributed by atoms with Gasteiger partial charge >= 0.3 is 0 Å². The van der Waals surface area contributed by atoms with E-state index in [9.17, 15) is 8.42 Å². The second kappa shape index (κ2) is 3.92. The lowest BCUT2D eigenvalue weighted by atomic mass is 10.3. The molecule has 2 rings (SSSR count). The molecule has 1 aromatic heterocycles. The van der Waals surface area contributed by atoms with E-state index in [4.69, 9.17) is 0 Å². The van der Waals surface area contributed by atoms with E-state index in [-0.39, 0.29) is 10.9 Å². The van der Waals surface area contributed by atoms with Gasteiger partial charge in [-0.3, -0.25) is 5.10 Å². The topological polar surface area (TPSA) is 86.9 Å². The zero-order valence-electron chi connectivity index (χ0n) is 8.45. The summed E-state index contributed by atoms with van der Waals surface area (Å²) in [6.07, 6.45) is 2.16. The van der Waals surface area contributed by atoms with Crippen LogP contribution in [-0.2, 0) is 10.0 Å². The van der Waals surface area contributed by atoms with E-state index in [1.807, 2.05) is 0 Å². The van der Waals surface area contributed by atoms with E-state index in [2.05, 4.69) is 20.2 Å². The Kier molecular flexibility index (Phi) is 2.76. The SMILES string of the molecule is Cc1[nH]ncc1S(=O)(=O)N[C@@H]1CCNC1.